The molecular formula is C2H13BN2O3. The van der Waals surface area contributed by atoms with Gasteiger partial charge >= 0.3 is 7.32 Å². The van der Waals surface area contributed by atoms with E-state index in [1.807, 2.05) is 0 Å². The van der Waals surface area contributed by atoms with E-state index in [1.54, 1.807) is 0 Å². The number of rotatable bonds is 0. The molecule has 0 aliphatic heterocycles. The first kappa shape index (κ1) is 25.5. The second-order valence-corrected chi connectivity index (χ2v) is 0.346. The zero-order valence-corrected chi connectivity index (χ0v) is 4.75. The van der Waals surface area contributed by atoms with Gasteiger partial charge in [-0.25, -0.2) is 0 Å². The highest BCUT2D eigenvalue weighted by Crippen LogP contribution is 1.40. The van der Waals surface area contributed by atoms with Crippen LogP contribution in [0, 0.1) is 0 Å². The molecule has 0 atom stereocenters. The van der Waals surface area contributed by atoms with Gasteiger partial charge in [-0.05, 0) is 0 Å². The number of hydrogen-bond donors (Lipinski definition) is 5. The SMILES string of the molecule is C=C.N.N.OB(O)O. The van der Waals surface area contributed by atoms with Crippen molar-refractivity contribution < 1.29 is 15.1 Å². The van der Waals surface area contributed by atoms with E-state index in [0.717, 1.165) is 0 Å². The van der Waals surface area contributed by atoms with Crippen molar-refractivity contribution in [3.05, 3.63) is 13.2 Å². The fourth-order valence-electron chi connectivity index (χ4n) is 0. The average molecular weight is 124 g/mol. The lowest BCUT2D eigenvalue weighted by Gasteiger charge is -1.69. The van der Waals surface area contributed by atoms with Gasteiger partial charge in [-0.3, -0.25) is 0 Å². The Morgan fingerprint density at radius 3 is 0.875 bits per heavy atom. The van der Waals surface area contributed by atoms with Crippen LogP contribution < -0.4 is 12.3 Å². The third-order valence-electron chi connectivity index (χ3n) is 0. The second-order valence-electron chi connectivity index (χ2n) is 0.346. The predicted octanol–water partition coefficient (Wildman–Crippen LogP) is -0.926. The van der Waals surface area contributed by atoms with Crippen LogP contribution in [0.1, 0.15) is 0 Å². The Morgan fingerprint density at radius 2 is 0.875 bits per heavy atom. The second kappa shape index (κ2) is 30.6. The molecule has 0 bridgehead atoms. The molecule has 0 spiro atoms. The largest absolute Gasteiger partial charge is 0.631 e. The summed E-state index contributed by atoms with van der Waals surface area (Å²) in [5, 5.41) is 21.5. The standard InChI is InChI=1S/C2H4.BH3O3.2H3N/c1-2;2-1(3)4;;/h1-2H2;2-4H;2*1H3. The third-order valence-corrected chi connectivity index (χ3v) is 0. The van der Waals surface area contributed by atoms with Crippen molar-refractivity contribution in [3.63, 3.8) is 0 Å². The van der Waals surface area contributed by atoms with Gasteiger partial charge in [-0.1, -0.05) is 0 Å². The first-order chi connectivity index (χ1) is 2.73. The van der Waals surface area contributed by atoms with Gasteiger partial charge in [0.05, 0.1) is 0 Å². The van der Waals surface area contributed by atoms with Gasteiger partial charge in [-0.2, -0.15) is 0 Å². The smallest absolute Gasteiger partial charge is 0.402 e. The Morgan fingerprint density at radius 1 is 0.875 bits per heavy atom. The Bertz CT molecular complexity index is 26.5. The van der Waals surface area contributed by atoms with Crippen LogP contribution in [0.4, 0.5) is 0 Å². The van der Waals surface area contributed by atoms with Gasteiger partial charge in [0.1, 0.15) is 0 Å². The van der Waals surface area contributed by atoms with Crippen LogP contribution in [-0.4, -0.2) is 22.4 Å². The summed E-state index contributed by atoms with van der Waals surface area (Å²) < 4.78 is 0. The highest BCUT2D eigenvalue weighted by atomic mass is 16.5. The fourth-order valence-corrected chi connectivity index (χ4v) is 0. The van der Waals surface area contributed by atoms with Crippen LogP contribution in [-0.2, 0) is 0 Å². The Hall–Kier alpha value is -0.395. The summed E-state index contributed by atoms with van der Waals surface area (Å²) in [6.45, 7) is 6.00. The van der Waals surface area contributed by atoms with Gasteiger partial charge in [0, 0.05) is 0 Å². The minimum atomic E-state index is -2.17. The van der Waals surface area contributed by atoms with Crippen LogP contribution in [0.25, 0.3) is 0 Å². The zero-order chi connectivity index (χ0) is 5.58. The molecule has 0 fully saturated rings. The molecule has 6 heteroatoms. The predicted molar refractivity (Wildman–Crippen MR) is 33.7 cm³/mol. The lowest BCUT2D eigenvalue weighted by molar-refractivity contribution is 0.278. The maximum atomic E-state index is 7.17. The van der Waals surface area contributed by atoms with E-state index >= 15 is 0 Å². The summed E-state index contributed by atoms with van der Waals surface area (Å²) in [5.41, 5.74) is 0. The van der Waals surface area contributed by atoms with Crippen LogP contribution >= 0.6 is 0 Å². The summed E-state index contributed by atoms with van der Waals surface area (Å²) >= 11 is 0. The molecule has 0 aliphatic rings. The Balaban J connectivity index is -0.0000000183. The van der Waals surface area contributed by atoms with E-state index in [2.05, 4.69) is 13.2 Å². The monoisotopic (exact) mass is 124 g/mol. The van der Waals surface area contributed by atoms with Crippen molar-refractivity contribution in [3.8, 4) is 0 Å². The van der Waals surface area contributed by atoms with Crippen molar-refractivity contribution >= 4 is 7.32 Å². The maximum absolute atomic E-state index is 7.17. The van der Waals surface area contributed by atoms with E-state index in [0.29, 0.717) is 0 Å². The lowest BCUT2D eigenvalue weighted by atomic mass is 10.3. The summed E-state index contributed by atoms with van der Waals surface area (Å²) in [4.78, 5) is 0. The van der Waals surface area contributed by atoms with Crippen molar-refractivity contribution in [2.75, 3.05) is 0 Å². The molecule has 0 saturated carbocycles. The molecule has 0 aromatic rings. The molecule has 0 amide bonds. The molecule has 0 aliphatic carbocycles. The van der Waals surface area contributed by atoms with E-state index < -0.39 is 7.32 Å². The number of hydrogen-bond acceptors (Lipinski definition) is 5. The maximum Gasteiger partial charge on any atom is 0.631 e. The van der Waals surface area contributed by atoms with E-state index in [4.69, 9.17) is 15.1 Å². The van der Waals surface area contributed by atoms with Crippen molar-refractivity contribution in [2.24, 2.45) is 0 Å². The Labute approximate surface area is 49.0 Å². The van der Waals surface area contributed by atoms with E-state index in [-0.39, 0.29) is 12.3 Å². The van der Waals surface area contributed by atoms with Crippen molar-refractivity contribution in [1.82, 2.24) is 12.3 Å². The average Bonchev–Trinajstić information content (AvgIpc) is 1.41. The minimum absolute atomic E-state index is 0. The van der Waals surface area contributed by atoms with E-state index in [1.165, 1.54) is 0 Å². The molecule has 0 unspecified atom stereocenters. The van der Waals surface area contributed by atoms with E-state index in [9.17, 15) is 0 Å². The van der Waals surface area contributed by atoms with Gasteiger partial charge in [-0.15, -0.1) is 13.2 Å². The fraction of sp³-hybridized carbons (Fsp3) is 0. The molecule has 0 saturated heterocycles. The normalized spacial score (nSPS) is 3.88. The lowest BCUT2D eigenvalue weighted by Crippen LogP contribution is -2.07. The van der Waals surface area contributed by atoms with Crippen molar-refractivity contribution in [1.29, 1.82) is 0 Å². The summed E-state index contributed by atoms with van der Waals surface area (Å²) in [6.07, 6.45) is 0. The molecule has 9 N–H and O–H groups in total. The van der Waals surface area contributed by atoms with Gasteiger partial charge < -0.3 is 27.4 Å². The highest BCUT2D eigenvalue weighted by molar-refractivity contribution is 6.30. The van der Waals surface area contributed by atoms with Crippen LogP contribution in [0.5, 0.6) is 0 Å². The van der Waals surface area contributed by atoms with Gasteiger partial charge in [0.25, 0.3) is 0 Å². The summed E-state index contributed by atoms with van der Waals surface area (Å²) in [5.74, 6) is 0. The Kier molecular flexibility index (Phi) is 97.6. The minimum Gasteiger partial charge on any atom is -0.402 e. The highest BCUT2D eigenvalue weighted by Gasteiger charge is 1.92. The molecule has 0 rings (SSSR count). The summed E-state index contributed by atoms with van der Waals surface area (Å²) in [6, 6.07) is 0. The molecule has 52 valence electrons. The van der Waals surface area contributed by atoms with Crippen molar-refractivity contribution in [2.45, 2.75) is 0 Å². The first-order valence-corrected chi connectivity index (χ1v) is 1.27. The van der Waals surface area contributed by atoms with Gasteiger partial charge in [0.2, 0.25) is 0 Å². The summed E-state index contributed by atoms with van der Waals surface area (Å²) in [7, 11) is -2.17. The third kappa shape index (κ3) is 762. The van der Waals surface area contributed by atoms with Crippen LogP contribution in [0.3, 0.4) is 0 Å². The molecule has 8 heavy (non-hydrogen) atoms. The molecule has 0 aromatic heterocycles. The molecule has 0 heterocycles. The molecular weight excluding hydrogens is 111 g/mol. The van der Waals surface area contributed by atoms with Crippen LogP contribution in [0.15, 0.2) is 13.2 Å². The van der Waals surface area contributed by atoms with Gasteiger partial charge in [0.15, 0.2) is 0 Å². The quantitative estimate of drug-likeness (QED) is 0.210. The molecule has 5 nitrogen and oxygen atoms in total. The topological polar surface area (TPSA) is 131 Å². The van der Waals surface area contributed by atoms with Crippen LogP contribution in [0.2, 0.25) is 0 Å². The first-order valence-electron chi connectivity index (χ1n) is 1.27. The molecule has 0 radical (unpaired) electrons. The molecule has 0 aromatic carbocycles. The zero-order valence-electron chi connectivity index (χ0n) is 4.75.